The minimum absolute atomic E-state index is 0.0469. The molecule has 0 radical (unpaired) electrons. The van der Waals surface area contributed by atoms with Crippen LogP contribution in [0.3, 0.4) is 0 Å². The highest BCUT2D eigenvalue weighted by molar-refractivity contribution is 6.34. The second-order valence-electron chi connectivity index (χ2n) is 5.03. The summed E-state index contributed by atoms with van der Waals surface area (Å²) in [5.74, 6) is 0.0469. The van der Waals surface area contributed by atoms with Crippen molar-refractivity contribution < 1.29 is 4.79 Å². The van der Waals surface area contributed by atoms with Gasteiger partial charge in [-0.1, -0.05) is 44.0 Å². The number of benzene rings is 1. The highest BCUT2D eigenvalue weighted by Crippen LogP contribution is 2.19. The highest BCUT2D eigenvalue weighted by Gasteiger charge is 2.20. The molecule has 0 atom stereocenters. The van der Waals surface area contributed by atoms with Gasteiger partial charge in [0.05, 0.1) is 0 Å². The summed E-state index contributed by atoms with van der Waals surface area (Å²) in [6.45, 7) is 6.25. The van der Waals surface area contributed by atoms with Crippen molar-refractivity contribution in [1.82, 2.24) is 5.32 Å². The summed E-state index contributed by atoms with van der Waals surface area (Å²) in [5.41, 5.74) is 0.670. The van der Waals surface area contributed by atoms with Gasteiger partial charge >= 0.3 is 0 Å². The van der Waals surface area contributed by atoms with Crippen molar-refractivity contribution in [2.24, 2.45) is 5.41 Å². The van der Waals surface area contributed by atoms with Crippen LogP contribution in [-0.4, -0.2) is 12.5 Å². The maximum atomic E-state index is 11.6. The first-order valence-corrected chi connectivity index (χ1v) is 6.28. The minimum atomic E-state index is -0.355. The molecule has 0 unspecified atom stereocenters. The third kappa shape index (κ3) is 4.97. The molecule has 1 aromatic rings. The summed E-state index contributed by atoms with van der Waals surface area (Å²) in [6, 6.07) is 5.41. The van der Waals surface area contributed by atoms with E-state index < -0.39 is 0 Å². The van der Waals surface area contributed by atoms with Gasteiger partial charge in [-0.05, 0) is 30.2 Å². The number of halogens is 2. The lowest BCUT2D eigenvalue weighted by Gasteiger charge is -2.17. The second-order valence-corrected chi connectivity index (χ2v) is 5.91. The Morgan fingerprint density at radius 1 is 1.18 bits per heavy atom. The number of amides is 1. The Morgan fingerprint density at radius 3 is 2.18 bits per heavy atom. The van der Waals surface area contributed by atoms with Gasteiger partial charge in [0.2, 0.25) is 5.91 Å². The van der Waals surface area contributed by atoms with Crippen LogP contribution in [0.1, 0.15) is 26.3 Å². The molecule has 94 valence electrons. The number of hydrogen-bond donors (Lipinski definition) is 1. The third-order valence-corrected chi connectivity index (χ3v) is 2.74. The molecule has 1 rings (SSSR count). The van der Waals surface area contributed by atoms with Gasteiger partial charge in [0, 0.05) is 22.0 Å². The van der Waals surface area contributed by atoms with Crippen molar-refractivity contribution in [3.63, 3.8) is 0 Å². The van der Waals surface area contributed by atoms with Crippen molar-refractivity contribution in [3.05, 3.63) is 33.8 Å². The molecular formula is C13H17Cl2NO. The van der Waals surface area contributed by atoms with E-state index in [-0.39, 0.29) is 11.3 Å². The SMILES string of the molecule is CC(C)(C)C(=O)NCCc1cc(Cl)cc(Cl)c1. The predicted molar refractivity (Wildman–Crippen MR) is 72.6 cm³/mol. The Balaban J connectivity index is 2.49. The maximum absolute atomic E-state index is 11.6. The van der Waals surface area contributed by atoms with Crippen LogP contribution in [-0.2, 0) is 11.2 Å². The van der Waals surface area contributed by atoms with Crippen LogP contribution in [0, 0.1) is 5.41 Å². The number of hydrogen-bond acceptors (Lipinski definition) is 1. The topological polar surface area (TPSA) is 29.1 Å². The molecule has 0 saturated heterocycles. The Bertz CT molecular complexity index is 390. The zero-order valence-corrected chi connectivity index (χ0v) is 11.8. The molecule has 4 heteroatoms. The van der Waals surface area contributed by atoms with E-state index in [0.717, 1.165) is 12.0 Å². The summed E-state index contributed by atoms with van der Waals surface area (Å²) in [5, 5.41) is 4.12. The molecule has 0 bridgehead atoms. The van der Waals surface area contributed by atoms with Gasteiger partial charge in [0.15, 0.2) is 0 Å². The van der Waals surface area contributed by atoms with Gasteiger partial charge < -0.3 is 5.32 Å². The second kappa shape index (κ2) is 5.74. The number of nitrogens with one attached hydrogen (secondary N) is 1. The van der Waals surface area contributed by atoms with E-state index in [2.05, 4.69) is 5.32 Å². The fourth-order valence-electron chi connectivity index (χ4n) is 1.34. The zero-order valence-electron chi connectivity index (χ0n) is 10.3. The van der Waals surface area contributed by atoms with Crippen molar-refractivity contribution in [1.29, 1.82) is 0 Å². The summed E-state index contributed by atoms with van der Waals surface area (Å²) < 4.78 is 0. The van der Waals surface area contributed by atoms with Gasteiger partial charge in [0.25, 0.3) is 0 Å². The smallest absolute Gasteiger partial charge is 0.225 e. The number of rotatable bonds is 3. The summed E-state index contributed by atoms with van der Waals surface area (Å²) in [6.07, 6.45) is 0.724. The van der Waals surface area contributed by atoms with Crippen molar-refractivity contribution >= 4 is 29.1 Å². The van der Waals surface area contributed by atoms with E-state index in [4.69, 9.17) is 23.2 Å². The normalized spacial score (nSPS) is 11.4. The number of carbonyl (C=O) groups excluding carboxylic acids is 1. The van der Waals surface area contributed by atoms with E-state index in [0.29, 0.717) is 16.6 Å². The van der Waals surface area contributed by atoms with Crippen LogP contribution in [0.4, 0.5) is 0 Å². The molecule has 0 aliphatic rings. The molecule has 0 aliphatic carbocycles. The Kier molecular flexibility index (Phi) is 4.84. The van der Waals surface area contributed by atoms with Crippen molar-refractivity contribution in [2.45, 2.75) is 27.2 Å². The summed E-state index contributed by atoms with van der Waals surface area (Å²) >= 11 is 11.8. The molecule has 0 aliphatic heterocycles. The lowest BCUT2D eigenvalue weighted by molar-refractivity contribution is -0.128. The molecule has 0 saturated carbocycles. The molecular weight excluding hydrogens is 257 g/mol. The predicted octanol–water partition coefficient (Wildman–Crippen LogP) is 3.70. The van der Waals surface area contributed by atoms with E-state index >= 15 is 0 Å². The van der Waals surface area contributed by atoms with Crippen molar-refractivity contribution in [2.75, 3.05) is 6.54 Å². The molecule has 17 heavy (non-hydrogen) atoms. The Morgan fingerprint density at radius 2 is 1.71 bits per heavy atom. The van der Waals surface area contributed by atoms with Crippen LogP contribution in [0.25, 0.3) is 0 Å². The van der Waals surface area contributed by atoms with E-state index in [1.54, 1.807) is 6.07 Å². The molecule has 1 amide bonds. The molecule has 0 aromatic heterocycles. The first-order chi connectivity index (χ1) is 7.79. The van der Waals surface area contributed by atoms with Gasteiger partial charge in [-0.3, -0.25) is 4.79 Å². The van der Waals surface area contributed by atoms with Gasteiger partial charge in [-0.15, -0.1) is 0 Å². The van der Waals surface area contributed by atoms with E-state index in [1.807, 2.05) is 32.9 Å². The van der Waals surface area contributed by atoms with Crippen LogP contribution in [0.15, 0.2) is 18.2 Å². The first-order valence-electron chi connectivity index (χ1n) is 5.52. The van der Waals surface area contributed by atoms with Crippen LogP contribution in [0.5, 0.6) is 0 Å². The van der Waals surface area contributed by atoms with Crippen LogP contribution < -0.4 is 5.32 Å². The molecule has 1 N–H and O–H groups in total. The number of carbonyl (C=O) groups is 1. The Hall–Kier alpha value is -0.730. The monoisotopic (exact) mass is 273 g/mol. The van der Waals surface area contributed by atoms with E-state index in [1.165, 1.54) is 0 Å². The average molecular weight is 274 g/mol. The van der Waals surface area contributed by atoms with Gasteiger partial charge in [0.1, 0.15) is 0 Å². The molecule has 2 nitrogen and oxygen atoms in total. The third-order valence-electron chi connectivity index (χ3n) is 2.30. The van der Waals surface area contributed by atoms with Crippen LogP contribution in [0.2, 0.25) is 10.0 Å². The first kappa shape index (κ1) is 14.3. The molecule has 0 spiro atoms. The average Bonchev–Trinajstić information content (AvgIpc) is 2.14. The minimum Gasteiger partial charge on any atom is -0.355 e. The van der Waals surface area contributed by atoms with Crippen molar-refractivity contribution in [3.8, 4) is 0 Å². The quantitative estimate of drug-likeness (QED) is 0.894. The largest absolute Gasteiger partial charge is 0.355 e. The maximum Gasteiger partial charge on any atom is 0.225 e. The molecule has 0 heterocycles. The lowest BCUT2D eigenvalue weighted by Crippen LogP contribution is -2.35. The summed E-state index contributed by atoms with van der Waals surface area (Å²) in [4.78, 5) is 11.6. The van der Waals surface area contributed by atoms with Gasteiger partial charge in [-0.2, -0.15) is 0 Å². The molecule has 0 fully saturated rings. The van der Waals surface area contributed by atoms with Gasteiger partial charge in [-0.25, -0.2) is 0 Å². The standard InChI is InChI=1S/C13H17Cl2NO/c1-13(2,3)12(17)16-5-4-9-6-10(14)8-11(15)7-9/h6-8H,4-5H2,1-3H3,(H,16,17). The highest BCUT2D eigenvalue weighted by atomic mass is 35.5. The summed E-state index contributed by atoms with van der Waals surface area (Å²) in [7, 11) is 0. The lowest BCUT2D eigenvalue weighted by atomic mass is 9.95. The van der Waals surface area contributed by atoms with Crippen LogP contribution >= 0.6 is 23.2 Å². The fraction of sp³-hybridized carbons (Fsp3) is 0.462. The molecule has 1 aromatic carbocycles. The Labute approximate surface area is 112 Å². The zero-order chi connectivity index (χ0) is 13.1. The fourth-order valence-corrected chi connectivity index (χ4v) is 1.91. The van der Waals surface area contributed by atoms with E-state index in [9.17, 15) is 4.79 Å².